The number of para-hydroxylation sites is 1. The first-order valence-corrected chi connectivity index (χ1v) is 11.7. The molecule has 5 aromatic rings. The van der Waals surface area contributed by atoms with Gasteiger partial charge in [0, 0.05) is 18.5 Å². The molecular weight excluding hydrogens is 472 g/mol. The Morgan fingerprint density at radius 2 is 1.70 bits per heavy atom. The van der Waals surface area contributed by atoms with Crippen molar-refractivity contribution in [3.05, 3.63) is 89.1 Å². The molecule has 10 nitrogen and oxygen atoms in total. The maximum absolute atomic E-state index is 13.9. The van der Waals surface area contributed by atoms with Gasteiger partial charge in [-0.05, 0) is 50.2 Å². The minimum Gasteiger partial charge on any atom is -0.497 e. The zero-order valence-electron chi connectivity index (χ0n) is 20.9. The molecule has 0 saturated heterocycles. The van der Waals surface area contributed by atoms with E-state index in [-0.39, 0.29) is 0 Å². The molecule has 1 unspecified atom stereocenters. The molecule has 188 valence electrons. The standard InChI is InChI=1S/C27H26N6O4/c1-17-24-23(26(31-14-8-9-15-31)33(30-24)19-10-6-5-7-11-19)27(35)32(29-17)18(2)25(34)28-21-16-20(36-3)12-13-22(21)37-4/h5-16,18H,1-4H3,(H,28,34). The summed E-state index contributed by atoms with van der Waals surface area (Å²) in [5.74, 6) is 1.16. The molecule has 5 rings (SSSR count). The second-order valence-corrected chi connectivity index (χ2v) is 8.45. The Labute approximate surface area is 212 Å². The fraction of sp³-hybridized carbons (Fsp3) is 0.185. The van der Waals surface area contributed by atoms with Crippen LogP contribution in [0.2, 0.25) is 0 Å². The van der Waals surface area contributed by atoms with Gasteiger partial charge in [-0.2, -0.15) is 10.2 Å². The Hall–Kier alpha value is -4.86. The van der Waals surface area contributed by atoms with Gasteiger partial charge in [0.15, 0.2) is 5.82 Å². The molecule has 10 heteroatoms. The number of carbonyl (C=O) groups excluding carboxylic acids is 1. The Morgan fingerprint density at radius 3 is 2.38 bits per heavy atom. The van der Waals surface area contributed by atoms with Crippen LogP contribution < -0.4 is 20.3 Å². The molecule has 2 aromatic carbocycles. The van der Waals surface area contributed by atoms with E-state index in [0.717, 1.165) is 5.69 Å². The lowest BCUT2D eigenvalue weighted by molar-refractivity contribution is -0.119. The first-order valence-electron chi connectivity index (χ1n) is 11.7. The van der Waals surface area contributed by atoms with Gasteiger partial charge < -0.3 is 19.4 Å². The molecule has 0 radical (unpaired) electrons. The molecule has 0 aliphatic rings. The topological polar surface area (TPSA) is 105 Å². The summed E-state index contributed by atoms with van der Waals surface area (Å²) in [6.45, 7) is 3.40. The van der Waals surface area contributed by atoms with E-state index in [4.69, 9.17) is 14.6 Å². The maximum atomic E-state index is 13.9. The Bertz CT molecular complexity index is 1640. The van der Waals surface area contributed by atoms with Crippen LogP contribution >= 0.6 is 0 Å². The van der Waals surface area contributed by atoms with Crippen molar-refractivity contribution in [1.82, 2.24) is 24.1 Å². The van der Waals surface area contributed by atoms with Crippen molar-refractivity contribution in [2.45, 2.75) is 19.9 Å². The highest BCUT2D eigenvalue weighted by molar-refractivity contribution is 5.95. The largest absolute Gasteiger partial charge is 0.497 e. The van der Waals surface area contributed by atoms with Gasteiger partial charge in [-0.25, -0.2) is 9.36 Å². The molecule has 0 spiro atoms. The zero-order chi connectivity index (χ0) is 26.1. The van der Waals surface area contributed by atoms with Crippen molar-refractivity contribution in [1.29, 1.82) is 0 Å². The van der Waals surface area contributed by atoms with Gasteiger partial charge in [-0.1, -0.05) is 18.2 Å². The third kappa shape index (κ3) is 4.22. The van der Waals surface area contributed by atoms with Crippen LogP contribution in [0.4, 0.5) is 5.69 Å². The monoisotopic (exact) mass is 498 g/mol. The second kappa shape index (κ2) is 9.65. The minimum absolute atomic E-state index is 0.367. The Kier molecular flexibility index (Phi) is 6.22. The lowest BCUT2D eigenvalue weighted by Crippen LogP contribution is -2.34. The van der Waals surface area contributed by atoms with E-state index in [9.17, 15) is 9.59 Å². The quantitative estimate of drug-likeness (QED) is 0.365. The maximum Gasteiger partial charge on any atom is 0.280 e. The number of carbonyl (C=O) groups is 1. The number of fused-ring (bicyclic) bond motifs is 1. The predicted octanol–water partition coefficient (Wildman–Crippen LogP) is 3.90. The number of aromatic nitrogens is 5. The molecule has 0 fully saturated rings. The van der Waals surface area contributed by atoms with Crippen LogP contribution in [-0.4, -0.2) is 44.3 Å². The van der Waals surface area contributed by atoms with E-state index < -0.39 is 17.5 Å². The summed E-state index contributed by atoms with van der Waals surface area (Å²) in [6.07, 6.45) is 3.70. The first kappa shape index (κ1) is 23.9. The summed E-state index contributed by atoms with van der Waals surface area (Å²) in [5, 5.41) is 12.4. The summed E-state index contributed by atoms with van der Waals surface area (Å²) in [6, 6.07) is 17.5. The molecule has 1 atom stereocenters. The summed E-state index contributed by atoms with van der Waals surface area (Å²) >= 11 is 0. The number of hydrogen-bond donors (Lipinski definition) is 1. The number of amides is 1. The zero-order valence-corrected chi connectivity index (χ0v) is 20.9. The number of nitrogens with one attached hydrogen (secondary N) is 1. The van der Waals surface area contributed by atoms with Crippen LogP contribution in [0, 0.1) is 6.92 Å². The lowest BCUT2D eigenvalue weighted by atomic mass is 10.2. The lowest BCUT2D eigenvalue weighted by Gasteiger charge is -2.17. The van der Waals surface area contributed by atoms with Crippen molar-refractivity contribution in [2.75, 3.05) is 19.5 Å². The van der Waals surface area contributed by atoms with Gasteiger partial charge in [0.25, 0.3) is 5.56 Å². The van der Waals surface area contributed by atoms with Crippen LogP contribution in [0.3, 0.4) is 0 Å². The van der Waals surface area contributed by atoms with Crippen LogP contribution in [-0.2, 0) is 4.79 Å². The number of benzene rings is 2. The molecule has 0 bridgehead atoms. The average molecular weight is 499 g/mol. The van der Waals surface area contributed by atoms with Crippen LogP contribution in [0.1, 0.15) is 18.7 Å². The van der Waals surface area contributed by atoms with E-state index in [2.05, 4.69) is 10.4 Å². The van der Waals surface area contributed by atoms with Gasteiger partial charge in [0.2, 0.25) is 5.91 Å². The number of methoxy groups -OCH3 is 2. The van der Waals surface area contributed by atoms with E-state index in [0.29, 0.717) is 39.6 Å². The highest BCUT2D eigenvalue weighted by atomic mass is 16.5. The summed E-state index contributed by atoms with van der Waals surface area (Å²) in [4.78, 5) is 27.2. The molecular formula is C27H26N6O4. The minimum atomic E-state index is -0.927. The summed E-state index contributed by atoms with van der Waals surface area (Å²) in [5.41, 5.74) is 1.79. The number of nitrogens with zero attached hydrogens (tertiary/aromatic N) is 5. The van der Waals surface area contributed by atoms with E-state index >= 15 is 0 Å². The molecule has 1 amide bonds. The fourth-order valence-electron chi connectivity index (χ4n) is 4.21. The van der Waals surface area contributed by atoms with Crippen LogP contribution in [0.15, 0.2) is 77.9 Å². The third-order valence-corrected chi connectivity index (χ3v) is 6.14. The van der Waals surface area contributed by atoms with Gasteiger partial charge in [0.05, 0.1) is 31.3 Å². The summed E-state index contributed by atoms with van der Waals surface area (Å²) in [7, 11) is 3.05. The number of aryl methyl sites for hydroxylation is 1. The van der Waals surface area contributed by atoms with E-state index in [1.807, 2.05) is 59.4 Å². The van der Waals surface area contributed by atoms with Crippen LogP contribution in [0.25, 0.3) is 22.4 Å². The molecule has 3 aromatic heterocycles. The SMILES string of the molecule is COc1ccc(OC)c(NC(=O)C(C)n2nc(C)c3nn(-c4ccccc4)c(-n4cccc4)c3c2=O)c1. The van der Waals surface area contributed by atoms with E-state index in [1.165, 1.54) is 18.9 Å². The molecule has 0 aliphatic heterocycles. The van der Waals surface area contributed by atoms with Crippen molar-refractivity contribution in [3.8, 4) is 23.0 Å². The fourth-order valence-corrected chi connectivity index (χ4v) is 4.21. The molecule has 0 aliphatic carbocycles. The molecule has 37 heavy (non-hydrogen) atoms. The second-order valence-electron chi connectivity index (χ2n) is 8.45. The molecule has 1 N–H and O–H groups in total. The van der Waals surface area contributed by atoms with Crippen molar-refractivity contribution in [3.63, 3.8) is 0 Å². The Morgan fingerprint density at radius 1 is 0.973 bits per heavy atom. The Balaban J connectivity index is 1.63. The highest BCUT2D eigenvalue weighted by Crippen LogP contribution is 2.30. The molecule has 3 heterocycles. The first-order chi connectivity index (χ1) is 17.9. The number of hydrogen-bond acceptors (Lipinski definition) is 6. The van der Waals surface area contributed by atoms with Gasteiger partial charge in [-0.15, -0.1) is 0 Å². The number of anilines is 1. The van der Waals surface area contributed by atoms with Gasteiger partial charge >= 0.3 is 0 Å². The normalized spacial score (nSPS) is 11.9. The number of rotatable bonds is 7. The smallest absolute Gasteiger partial charge is 0.280 e. The van der Waals surface area contributed by atoms with Crippen molar-refractivity contribution < 1.29 is 14.3 Å². The third-order valence-electron chi connectivity index (χ3n) is 6.14. The summed E-state index contributed by atoms with van der Waals surface area (Å²) < 4.78 is 15.4. The predicted molar refractivity (Wildman–Crippen MR) is 140 cm³/mol. The number of ether oxygens (including phenoxy) is 2. The van der Waals surface area contributed by atoms with Gasteiger partial charge in [0.1, 0.15) is 28.4 Å². The average Bonchev–Trinajstić information content (AvgIpc) is 3.59. The molecule has 0 saturated carbocycles. The van der Waals surface area contributed by atoms with Crippen molar-refractivity contribution >= 4 is 22.5 Å². The van der Waals surface area contributed by atoms with Crippen molar-refractivity contribution in [2.24, 2.45) is 0 Å². The highest BCUT2D eigenvalue weighted by Gasteiger charge is 2.26. The van der Waals surface area contributed by atoms with E-state index in [1.54, 1.807) is 36.7 Å². The van der Waals surface area contributed by atoms with Gasteiger partial charge in [-0.3, -0.25) is 9.59 Å². The van der Waals surface area contributed by atoms with Crippen LogP contribution in [0.5, 0.6) is 11.5 Å².